The Balaban J connectivity index is 4.32. The van der Waals surface area contributed by atoms with Gasteiger partial charge in [0.2, 0.25) is 0 Å². The molecule has 15 heavy (non-hydrogen) atoms. The molecule has 0 saturated carbocycles. The number of halogens is 4. The summed E-state index contributed by atoms with van der Waals surface area (Å²) >= 11 is 5.22. The molecule has 0 rings (SSSR count). The Bertz CT molecular complexity index is 255. The zero-order valence-electron chi connectivity index (χ0n) is 8.27. The van der Waals surface area contributed by atoms with Crippen LogP contribution in [0.25, 0.3) is 0 Å². The molecule has 0 radical (unpaired) electrons. The van der Waals surface area contributed by atoms with Gasteiger partial charge in [-0.05, 0) is 0 Å². The fourth-order valence-corrected chi connectivity index (χ4v) is 1.21. The number of carbonyl (C=O) groups is 2. The lowest BCUT2D eigenvalue weighted by atomic mass is 10.1. The van der Waals surface area contributed by atoms with Crippen LogP contribution in [0.1, 0.15) is 6.92 Å². The topological polar surface area (TPSA) is 37.4 Å². The Morgan fingerprint density at radius 3 is 2.20 bits per heavy atom. The monoisotopic (exact) mass is 245 g/mol. The number of rotatable bonds is 4. The molecule has 88 valence electrons. The molecule has 0 aliphatic rings. The van der Waals surface area contributed by atoms with Gasteiger partial charge in [-0.25, -0.2) is 0 Å². The van der Waals surface area contributed by atoms with Crippen LogP contribution in [0.15, 0.2) is 0 Å². The van der Waals surface area contributed by atoms with E-state index in [-0.39, 0.29) is 12.4 Å². The van der Waals surface area contributed by atoms with E-state index < -0.39 is 23.8 Å². The molecule has 1 atom stereocenters. The summed E-state index contributed by atoms with van der Waals surface area (Å²) in [5, 5.41) is 0. The van der Waals surface area contributed by atoms with Crippen LogP contribution in [0.2, 0.25) is 0 Å². The fraction of sp³-hybridized carbons (Fsp3) is 0.750. The molecule has 0 aliphatic carbocycles. The molecule has 7 heteroatoms. The van der Waals surface area contributed by atoms with Crippen molar-refractivity contribution in [2.75, 3.05) is 19.5 Å². The molecular weight excluding hydrogens is 235 g/mol. The second-order valence-corrected chi connectivity index (χ2v) is 3.45. The minimum atomic E-state index is -4.90. The lowest BCUT2D eigenvalue weighted by molar-refractivity contribution is -0.184. The van der Waals surface area contributed by atoms with E-state index in [2.05, 4.69) is 0 Å². The van der Waals surface area contributed by atoms with Gasteiger partial charge in [0.15, 0.2) is 5.78 Å². The summed E-state index contributed by atoms with van der Waals surface area (Å²) in [5.41, 5.74) is 0. The minimum Gasteiger partial charge on any atom is -0.337 e. The maximum atomic E-state index is 11.9. The molecule has 0 aliphatic heterocycles. The van der Waals surface area contributed by atoms with E-state index in [0.29, 0.717) is 4.90 Å². The van der Waals surface area contributed by atoms with E-state index in [4.69, 9.17) is 11.6 Å². The van der Waals surface area contributed by atoms with Crippen molar-refractivity contribution in [2.24, 2.45) is 5.92 Å². The lowest BCUT2D eigenvalue weighted by Gasteiger charge is -2.21. The molecule has 1 unspecified atom stereocenters. The number of nitrogens with zero attached hydrogens (tertiary/aromatic N) is 1. The largest absolute Gasteiger partial charge is 0.471 e. The standard InChI is InChI=1S/C8H11ClF3NO2/c1-5(6(14)3-9)4-13(2)7(15)8(10,11)12/h5H,3-4H2,1-2H3. The van der Waals surface area contributed by atoms with E-state index >= 15 is 0 Å². The first-order valence-electron chi connectivity index (χ1n) is 4.11. The van der Waals surface area contributed by atoms with Gasteiger partial charge in [-0.2, -0.15) is 13.2 Å². The average molecular weight is 246 g/mol. The summed E-state index contributed by atoms with van der Waals surface area (Å²) in [6, 6.07) is 0. The first-order valence-corrected chi connectivity index (χ1v) is 4.64. The van der Waals surface area contributed by atoms with E-state index in [0.717, 1.165) is 7.05 Å². The number of carbonyl (C=O) groups excluding carboxylic acids is 2. The molecule has 3 nitrogen and oxygen atoms in total. The minimum absolute atomic E-state index is 0.269. The van der Waals surface area contributed by atoms with Crippen LogP contribution < -0.4 is 0 Å². The summed E-state index contributed by atoms with van der Waals surface area (Å²) in [5.74, 6) is -3.32. The van der Waals surface area contributed by atoms with Gasteiger partial charge in [0.05, 0.1) is 5.88 Å². The first kappa shape index (κ1) is 14.2. The van der Waals surface area contributed by atoms with E-state index in [1.54, 1.807) is 0 Å². The number of ketones is 1. The maximum absolute atomic E-state index is 11.9. The molecule has 0 N–H and O–H groups in total. The zero-order valence-corrected chi connectivity index (χ0v) is 9.02. The first-order chi connectivity index (χ1) is 6.70. The van der Waals surface area contributed by atoms with Crippen LogP contribution in [0.4, 0.5) is 13.2 Å². The van der Waals surface area contributed by atoms with Gasteiger partial charge < -0.3 is 4.90 Å². The van der Waals surface area contributed by atoms with Crippen LogP contribution in [0.3, 0.4) is 0 Å². The Morgan fingerprint density at radius 2 is 1.87 bits per heavy atom. The highest BCUT2D eigenvalue weighted by molar-refractivity contribution is 6.27. The van der Waals surface area contributed by atoms with Gasteiger partial charge in [-0.1, -0.05) is 6.92 Å². The highest BCUT2D eigenvalue weighted by Crippen LogP contribution is 2.18. The second kappa shape index (κ2) is 5.34. The number of Topliss-reactive ketones (excluding diaryl/α,β-unsaturated/α-hetero) is 1. The van der Waals surface area contributed by atoms with Gasteiger partial charge in [-0.3, -0.25) is 9.59 Å². The highest BCUT2D eigenvalue weighted by atomic mass is 35.5. The molecule has 0 bridgehead atoms. The van der Waals surface area contributed by atoms with Crippen molar-refractivity contribution in [3.8, 4) is 0 Å². The number of amides is 1. The van der Waals surface area contributed by atoms with Crippen molar-refractivity contribution in [1.82, 2.24) is 4.90 Å². The number of hydrogen-bond donors (Lipinski definition) is 0. The fourth-order valence-electron chi connectivity index (χ4n) is 0.944. The van der Waals surface area contributed by atoms with Gasteiger partial charge in [0.1, 0.15) is 0 Å². The smallest absolute Gasteiger partial charge is 0.337 e. The van der Waals surface area contributed by atoms with Crippen molar-refractivity contribution in [1.29, 1.82) is 0 Å². The molecule has 0 aromatic carbocycles. The SMILES string of the molecule is CC(CN(C)C(=O)C(F)(F)F)C(=O)CCl. The molecule has 0 aromatic rings. The van der Waals surface area contributed by atoms with E-state index in [1.807, 2.05) is 0 Å². The van der Waals surface area contributed by atoms with Gasteiger partial charge in [-0.15, -0.1) is 11.6 Å². The summed E-state index contributed by atoms with van der Waals surface area (Å²) < 4.78 is 35.8. The highest BCUT2D eigenvalue weighted by Gasteiger charge is 2.41. The summed E-state index contributed by atoms with van der Waals surface area (Å²) in [6.07, 6.45) is -4.90. The van der Waals surface area contributed by atoms with Crippen LogP contribution in [0.5, 0.6) is 0 Å². The van der Waals surface area contributed by atoms with Crippen molar-refractivity contribution in [2.45, 2.75) is 13.1 Å². The third-order valence-corrected chi connectivity index (χ3v) is 2.08. The molecule has 1 amide bonds. The molecule has 0 aromatic heterocycles. The third kappa shape index (κ3) is 4.51. The predicted molar refractivity (Wildman–Crippen MR) is 48.6 cm³/mol. The quantitative estimate of drug-likeness (QED) is 0.703. The molecular formula is C8H11ClF3NO2. The van der Waals surface area contributed by atoms with E-state index in [9.17, 15) is 22.8 Å². The molecule has 0 saturated heterocycles. The summed E-state index contributed by atoms with van der Waals surface area (Å²) in [4.78, 5) is 22.1. The van der Waals surface area contributed by atoms with Gasteiger partial charge in [0, 0.05) is 19.5 Å². The Hall–Kier alpha value is -0.780. The molecule has 0 heterocycles. The Morgan fingerprint density at radius 1 is 1.40 bits per heavy atom. The van der Waals surface area contributed by atoms with Gasteiger partial charge in [0.25, 0.3) is 0 Å². The Kier molecular flexibility index (Phi) is 5.07. The average Bonchev–Trinajstić information content (AvgIpc) is 2.13. The van der Waals surface area contributed by atoms with Crippen molar-refractivity contribution < 1.29 is 22.8 Å². The Labute approximate surface area is 90.2 Å². The normalized spacial score (nSPS) is 13.5. The second-order valence-electron chi connectivity index (χ2n) is 3.18. The predicted octanol–water partition coefficient (Wildman–Crippen LogP) is 1.45. The van der Waals surface area contributed by atoms with Crippen LogP contribution >= 0.6 is 11.6 Å². The molecule has 0 fully saturated rings. The molecule has 0 spiro atoms. The van der Waals surface area contributed by atoms with Crippen molar-refractivity contribution >= 4 is 23.3 Å². The zero-order chi connectivity index (χ0) is 12.2. The van der Waals surface area contributed by atoms with Crippen molar-refractivity contribution in [3.63, 3.8) is 0 Å². The maximum Gasteiger partial charge on any atom is 0.471 e. The number of hydrogen-bond acceptors (Lipinski definition) is 2. The van der Waals surface area contributed by atoms with E-state index in [1.165, 1.54) is 6.92 Å². The van der Waals surface area contributed by atoms with Gasteiger partial charge >= 0.3 is 12.1 Å². The number of alkyl halides is 4. The third-order valence-electron chi connectivity index (χ3n) is 1.82. The van der Waals surface area contributed by atoms with Crippen LogP contribution in [-0.4, -0.2) is 42.2 Å². The van der Waals surface area contributed by atoms with Crippen LogP contribution in [0, 0.1) is 5.92 Å². The van der Waals surface area contributed by atoms with Crippen molar-refractivity contribution in [3.05, 3.63) is 0 Å². The van der Waals surface area contributed by atoms with Crippen LogP contribution in [-0.2, 0) is 9.59 Å². The lowest BCUT2D eigenvalue weighted by Crippen LogP contribution is -2.41. The summed E-state index contributed by atoms with van der Waals surface area (Å²) in [6.45, 7) is 1.13. The summed E-state index contributed by atoms with van der Waals surface area (Å²) in [7, 11) is 0.994.